The van der Waals surface area contributed by atoms with E-state index in [-0.39, 0.29) is 23.4 Å². The number of ketones is 1. The molecule has 1 aliphatic carbocycles. The number of tetrazole rings is 1. The molecule has 0 bridgehead atoms. The molecule has 0 spiro atoms. The number of unbranched alkanes of at least 4 members (excludes halogenated alkanes) is 1. The molecule has 0 amide bonds. The number of H-pyrrole nitrogens is 1. The van der Waals surface area contributed by atoms with Crippen LogP contribution in [0.25, 0.3) is 11.4 Å². The number of aliphatic imine (C=N–C) groups is 1. The standard InChI is InChI=1S/C29H37N7O2/c1-5-6-10-23-17-35(26-24(19(2)3)16-25(26)20(4)37)28(38)36(23)18-29(11-13-30-14-12-29)22-9-7-8-21(15-22)27-31-33-34-32-27/h7-9,11,13-15,17,19,24-26H,5-6,10,12,16,18H2,1-4H3,(H,31,32,33,34). The van der Waals surface area contributed by atoms with Crippen LogP contribution < -0.4 is 5.69 Å². The Labute approximate surface area is 223 Å². The Morgan fingerprint density at radius 2 is 2.13 bits per heavy atom. The van der Waals surface area contributed by atoms with Crippen molar-refractivity contribution in [1.29, 1.82) is 0 Å². The van der Waals surface area contributed by atoms with Gasteiger partial charge in [-0.2, -0.15) is 5.21 Å². The second-order valence-electron chi connectivity index (χ2n) is 11.2. The van der Waals surface area contributed by atoms with E-state index in [4.69, 9.17) is 0 Å². The summed E-state index contributed by atoms with van der Waals surface area (Å²) in [4.78, 5) is 31.0. The zero-order chi connectivity index (χ0) is 26.9. The predicted octanol–water partition coefficient (Wildman–Crippen LogP) is 4.52. The first kappa shape index (κ1) is 26.0. The SMILES string of the molecule is CCCCc1cn(C2C(C(C)=O)CC2C(C)C)c(=O)n1CC1(c2cccc(-c3nn[nH]n3)c2)C=CN=CC1. The molecule has 1 aliphatic heterocycles. The smallest absolute Gasteiger partial charge is 0.300 e. The minimum absolute atomic E-state index is 0.0256. The summed E-state index contributed by atoms with van der Waals surface area (Å²) in [6.07, 6.45) is 12.3. The van der Waals surface area contributed by atoms with Crippen LogP contribution >= 0.6 is 0 Å². The van der Waals surface area contributed by atoms with Gasteiger partial charge in [0.05, 0.1) is 6.04 Å². The van der Waals surface area contributed by atoms with Gasteiger partial charge in [0.2, 0.25) is 5.82 Å². The Morgan fingerprint density at radius 1 is 1.29 bits per heavy atom. The first-order valence-electron chi connectivity index (χ1n) is 13.7. The fourth-order valence-corrected chi connectivity index (χ4v) is 6.12. The van der Waals surface area contributed by atoms with Crippen LogP contribution in [-0.2, 0) is 23.2 Å². The fourth-order valence-electron chi connectivity index (χ4n) is 6.12. The lowest BCUT2D eigenvalue weighted by atomic mass is 9.63. The summed E-state index contributed by atoms with van der Waals surface area (Å²) >= 11 is 0. The molecule has 2 aliphatic rings. The molecule has 5 rings (SSSR count). The van der Waals surface area contributed by atoms with Crippen LogP contribution in [0.5, 0.6) is 0 Å². The van der Waals surface area contributed by atoms with Gasteiger partial charge in [-0.1, -0.05) is 51.5 Å². The summed E-state index contributed by atoms with van der Waals surface area (Å²) in [6, 6.07) is 8.04. The summed E-state index contributed by atoms with van der Waals surface area (Å²) in [7, 11) is 0. The van der Waals surface area contributed by atoms with Crippen LogP contribution in [0.15, 0.2) is 52.5 Å². The van der Waals surface area contributed by atoms with Crippen molar-refractivity contribution in [3.63, 3.8) is 0 Å². The molecule has 9 heteroatoms. The van der Waals surface area contributed by atoms with E-state index in [1.807, 2.05) is 39.9 Å². The molecule has 200 valence electrons. The topological polar surface area (TPSA) is 111 Å². The average molecular weight is 516 g/mol. The zero-order valence-corrected chi connectivity index (χ0v) is 22.7. The molecule has 3 aromatic rings. The fraction of sp³-hybridized carbons (Fsp3) is 0.517. The number of nitrogens with zero attached hydrogens (tertiary/aromatic N) is 6. The van der Waals surface area contributed by atoms with E-state index in [1.54, 1.807) is 6.92 Å². The third-order valence-corrected chi connectivity index (χ3v) is 8.47. The quantitative estimate of drug-likeness (QED) is 0.427. The Morgan fingerprint density at radius 3 is 2.79 bits per heavy atom. The van der Waals surface area contributed by atoms with Crippen molar-refractivity contribution in [2.75, 3.05) is 0 Å². The van der Waals surface area contributed by atoms with E-state index in [0.717, 1.165) is 42.5 Å². The summed E-state index contributed by atoms with van der Waals surface area (Å²) in [5.74, 6) is 1.32. The Hall–Kier alpha value is -3.62. The third kappa shape index (κ3) is 4.70. The summed E-state index contributed by atoms with van der Waals surface area (Å²) in [5.41, 5.74) is 2.46. The number of rotatable bonds is 10. The molecule has 0 saturated heterocycles. The molecule has 1 fully saturated rings. The van der Waals surface area contributed by atoms with E-state index < -0.39 is 5.41 Å². The van der Waals surface area contributed by atoms with Gasteiger partial charge in [-0.3, -0.25) is 18.9 Å². The number of nitrogens with one attached hydrogen (secondary N) is 1. The lowest BCUT2D eigenvalue weighted by Crippen LogP contribution is -2.48. The Bertz CT molecular complexity index is 1400. The second kappa shape index (κ2) is 10.6. The van der Waals surface area contributed by atoms with Crippen molar-refractivity contribution in [2.24, 2.45) is 22.7 Å². The minimum atomic E-state index is -0.463. The Balaban J connectivity index is 1.58. The number of allylic oxidation sites excluding steroid dienone is 1. The minimum Gasteiger partial charge on any atom is -0.300 e. The highest BCUT2D eigenvalue weighted by atomic mass is 16.2. The van der Waals surface area contributed by atoms with E-state index in [1.165, 1.54) is 0 Å². The van der Waals surface area contributed by atoms with Crippen molar-refractivity contribution < 1.29 is 4.79 Å². The maximum absolute atomic E-state index is 14.1. The average Bonchev–Trinajstić information content (AvgIpc) is 3.52. The first-order valence-corrected chi connectivity index (χ1v) is 13.7. The van der Waals surface area contributed by atoms with Gasteiger partial charge in [0.25, 0.3) is 0 Å². The van der Waals surface area contributed by atoms with Crippen LogP contribution in [0.2, 0.25) is 0 Å². The number of aryl methyl sites for hydroxylation is 1. The molecule has 2 aromatic heterocycles. The number of imidazole rings is 1. The highest BCUT2D eigenvalue weighted by Crippen LogP contribution is 2.48. The molecule has 1 N–H and O–H groups in total. The molecule has 4 atom stereocenters. The van der Waals surface area contributed by atoms with Crippen molar-refractivity contribution >= 4 is 12.0 Å². The van der Waals surface area contributed by atoms with Gasteiger partial charge < -0.3 is 0 Å². The van der Waals surface area contributed by atoms with Crippen LogP contribution in [0.4, 0.5) is 0 Å². The number of benzene rings is 1. The molecule has 0 radical (unpaired) electrons. The highest BCUT2D eigenvalue weighted by molar-refractivity contribution is 5.80. The largest absolute Gasteiger partial charge is 0.328 e. The van der Waals surface area contributed by atoms with E-state index in [2.05, 4.69) is 64.6 Å². The lowest BCUT2D eigenvalue weighted by molar-refractivity contribution is -0.129. The van der Waals surface area contributed by atoms with Gasteiger partial charge in [-0.25, -0.2) is 4.79 Å². The summed E-state index contributed by atoms with van der Waals surface area (Å²) < 4.78 is 3.84. The molecule has 9 nitrogen and oxygen atoms in total. The van der Waals surface area contributed by atoms with E-state index in [9.17, 15) is 9.59 Å². The van der Waals surface area contributed by atoms with Crippen LogP contribution in [0.3, 0.4) is 0 Å². The number of carbonyl (C=O) groups is 1. The Kier molecular flexibility index (Phi) is 7.27. The number of aromatic nitrogens is 6. The molecule has 1 aromatic carbocycles. The molecule has 38 heavy (non-hydrogen) atoms. The number of hydrogen-bond donors (Lipinski definition) is 1. The van der Waals surface area contributed by atoms with Crippen molar-refractivity contribution in [2.45, 2.75) is 77.8 Å². The van der Waals surface area contributed by atoms with Crippen LogP contribution in [-0.4, -0.2) is 41.8 Å². The maximum atomic E-state index is 14.1. The monoisotopic (exact) mass is 515 g/mol. The van der Waals surface area contributed by atoms with Crippen LogP contribution in [0, 0.1) is 17.8 Å². The normalized spacial score (nSPS) is 24.6. The number of Topliss-reactive ketones (excluding diaryl/α,β-unsaturated/α-hetero) is 1. The maximum Gasteiger partial charge on any atom is 0.328 e. The summed E-state index contributed by atoms with van der Waals surface area (Å²) in [6.45, 7) is 8.68. The second-order valence-corrected chi connectivity index (χ2v) is 11.2. The third-order valence-electron chi connectivity index (χ3n) is 8.47. The molecular formula is C29H37N7O2. The summed E-state index contributed by atoms with van der Waals surface area (Å²) in [5, 5.41) is 14.5. The lowest BCUT2D eigenvalue weighted by Gasteiger charge is -2.46. The number of aromatic amines is 1. The van der Waals surface area contributed by atoms with Crippen LogP contribution in [0.1, 0.15) is 70.7 Å². The number of carbonyl (C=O) groups excluding carboxylic acids is 1. The van der Waals surface area contributed by atoms with Gasteiger partial charge in [-0.05, 0) is 61.3 Å². The zero-order valence-electron chi connectivity index (χ0n) is 22.7. The van der Waals surface area contributed by atoms with E-state index >= 15 is 0 Å². The van der Waals surface area contributed by atoms with Gasteiger partial charge in [0, 0.05) is 47.7 Å². The predicted molar refractivity (Wildman–Crippen MR) is 147 cm³/mol. The molecule has 1 saturated carbocycles. The highest BCUT2D eigenvalue weighted by Gasteiger charge is 2.47. The molecule has 4 unspecified atom stereocenters. The van der Waals surface area contributed by atoms with Gasteiger partial charge in [0.15, 0.2) is 0 Å². The van der Waals surface area contributed by atoms with Gasteiger partial charge >= 0.3 is 5.69 Å². The van der Waals surface area contributed by atoms with Crippen molar-refractivity contribution in [3.8, 4) is 11.4 Å². The van der Waals surface area contributed by atoms with Gasteiger partial charge in [0.1, 0.15) is 5.78 Å². The number of hydrogen-bond acceptors (Lipinski definition) is 6. The van der Waals surface area contributed by atoms with E-state index in [0.29, 0.717) is 30.6 Å². The van der Waals surface area contributed by atoms with Gasteiger partial charge in [-0.15, -0.1) is 10.2 Å². The van der Waals surface area contributed by atoms with Crippen molar-refractivity contribution in [1.82, 2.24) is 29.8 Å². The van der Waals surface area contributed by atoms with Crippen molar-refractivity contribution in [3.05, 3.63) is 64.5 Å². The molecule has 3 heterocycles. The molecular weight excluding hydrogens is 478 g/mol. The first-order chi connectivity index (χ1) is 18.3.